The summed E-state index contributed by atoms with van der Waals surface area (Å²) in [4.78, 5) is 28.5. The van der Waals surface area contributed by atoms with Gasteiger partial charge in [0, 0.05) is 23.2 Å². The molecule has 2 aliphatic heterocycles. The maximum atomic E-state index is 14.6. The summed E-state index contributed by atoms with van der Waals surface area (Å²) < 4.78 is 25.7. The summed E-state index contributed by atoms with van der Waals surface area (Å²) in [5, 5.41) is 2.86. The summed E-state index contributed by atoms with van der Waals surface area (Å²) in [5.41, 5.74) is 6.17. The predicted molar refractivity (Wildman–Crippen MR) is 114 cm³/mol. The molecule has 5 rings (SSSR count). The van der Waals surface area contributed by atoms with Gasteiger partial charge in [-0.25, -0.2) is 19.9 Å². The van der Waals surface area contributed by atoms with Crippen LogP contribution in [0.2, 0.25) is 10.3 Å². The Morgan fingerprint density at radius 1 is 1.16 bits per heavy atom. The van der Waals surface area contributed by atoms with Crippen LogP contribution in [0.4, 0.5) is 10.1 Å². The van der Waals surface area contributed by atoms with E-state index in [-0.39, 0.29) is 34.4 Å². The van der Waals surface area contributed by atoms with Gasteiger partial charge in [-0.05, 0) is 24.3 Å². The molecule has 1 amide bonds. The molecule has 32 heavy (non-hydrogen) atoms. The number of benzene rings is 1. The first-order valence-electron chi connectivity index (χ1n) is 9.32. The largest absolute Gasteiger partial charge is 0.465 e. The van der Waals surface area contributed by atoms with Crippen molar-refractivity contribution in [1.29, 1.82) is 0 Å². The number of nitrogens with two attached hydrogens (primary N) is 1. The minimum absolute atomic E-state index is 0.0568. The first-order chi connectivity index (χ1) is 15.4. The topological polar surface area (TPSA) is 125 Å². The van der Waals surface area contributed by atoms with Crippen LogP contribution < -0.4 is 15.8 Å². The first kappa shape index (κ1) is 20.4. The van der Waals surface area contributed by atoms with Crippen molar-refractivity contribution in [1.82, 2.24) is 15.0 Å². The van der Waals surface area contributed by atoms with E-state index in [9.17, 15) is 9.18 Å². The lowest BCUT2D eigenvalue weighted by molar-refractivity contribution is 0.102. The number of aliphatic imine (C=N–C) groups is 1. The number of hydrogen-bond donors (Lipinski definition) is 2. The SMILES string of the molecule is NC1=N[C@@]2(CCO1)c1cc(NC(=O)c3cnc(Cl)cn3)ccc1Oc1c2cc(Cl)nc1F. The molecule has 4 heterocycles. The van der Waals surface area contributed by atoms with E-state index in [0.717, 1.165) is 0 Å². The highest BCUT2D eigenvalue weighted by atomic mass is 35.5. The van der Waals surface area contributed by atoms with Gasteiger partial charge in [-0.15, -0.1) is 0 Å². The van der Waals surface area contributed by atoms with Crippen molar-refractivity contribution in [2.75, 3.05) is 11.9 Å². The number of rotatable bonds is 2. The van der Waals surface area contributed by atoms with Gasteiger partial charge in [0.15, 0.2) is 5.75 Å². The molecule has 0 unspecified atom stereocenters. The minimum atomic E-state index is -1.14. The van der Waals surface area contributed by atoms with Crippen LogP contribution in [0.3, 0.4) is 0 Å². The Bertz CT molecular complexity index is 1290. The average molecular weight is 475 g/mol. The van der Waals surface area contributed by atoms with Gasteiger partial charge in [0.25, 0.3) is 17.9 Å². The number of amidine groups is 1. The third-order valence-corrected chi connectivity index (χ3v) is 5.50. The zero-order chi connectivity index (χ0) is 22.5. The Labute approximate surface area is 190 Å². The summed E-state index contributed by atoms with van der Waals surface area (Å²) in [6.45, 7) is 0.229. The molecule has 0 fully saturated rings. The van der Waals surface area contributed by atoms with Crippen molar-refractivity contribution < 1.29 is 18.7 Å². The molecule has 3 N–H and O–H groups in total. The molecular formula is C20H13Cl2FN6O3. The van der Waals surface area contributed by atoms with Crippen molar-refractivity contribution in [3.63, 3.8) is 0 Å². The molecule has 1 spiro atoms. The van der Waals surface area contributed by atoms with E-state index >= 15 is 0 Å². The van der Waals surface area contributed by atoms with Crippen LogP contribution in [0.1, 0.15) is 28.0 Å². The zero-order valence-corrected chi connectivity index (χ0v) is 17.6. The van der Waals surface area contributed by atoms with Gasteiger partial charge in [0.1, 0.15) is 27.3 Å². The van der Waals surface area contributed by atoms with Gasteiger partial charge in [-0.1, -0.05) is 23.2 Å². The van der Waals surface area contributed by atoms with Crippen LogP contribution in [-0.2, 0) is 10.3 Å². The van der Waals surface area contributed by atoms with E-state index in [2.05, 4.69) is 25.3 Å². The van der Waals surface area contributed by atoms with Crippen LogP contribution >= 0.6 is 23.2 Å². The lowest BCUT2D eigenvalue weighted by Crippen LogP contribution is -2.39. The number of carbonyl (C=O) groups excluding carboxylic acids is 1. The summed E-state index contributed by atoms with van der Waals surface area (Å²) in [6, 6.07) is 6.30. The van der Waals surface area contributed by atoms with Gasteiger partial charge in [0.2, 0.25) is 0 Å². The number of nitrogens with one attached hydrogen (secondary N) is 1. The number of anilines is 1. The van der Waals surface area contributed by atoms with Crippen LogP contribution in [-0.4, -0.2) is 33.5 Å². The number of aromatic nitrogens is 3. The Morgan fingerprint density at radius 2 is 2.00 bits per heavy atom. The number of amides is 1. The highest BCUT2D eigenvalue weighted by Gasteiger charge is 2.46. The van der Waals surface area contributed by atoms with E-state index in [1.165, 1.54) is 18.5 Å². The molecule has 12 heteroatoms. The first-order valence-corrected chi connectivity index (χ1v) is 10.1. The Hall–Kier alpha value is -3.50. The second-order valence-corrected chi connectivity index (χ2v) is 7.79. The molecule has 1 atom stereocenters. The maximum absolute atomic E-state index is 14.6. The molecule has 0 bridgehead atoms. The number of ether oxygens (including phenoxy) is 2. The lowest BCUT2D eigenvalue weighted by atomic mass is 9.78. The second-order valence-electron chi connectivity index (χ2n) is 7.01. The molecule has 2 aromatic heterocycles. The highest BCUT2D eigenvalue weighted by molar-refractivity contribution is 6.29. The fourth-order valence-corrected chi connectivity index (χ4v) is 4.03. The van der Waals surface area contributed by atoms with Gasteiger partial charge < -0.3 is 20.5 Å². The van der Waals surface area contributed by atoms with Gasteiger partial charge in [0.05, 0.1) is 19.0 Å². The van der Waals surface area contributed by atoms with Crippen molar-refractivity contribution in [3.05, 3.63) is 69.7 Å². The van der Waals surface area contributed by atoms with E-state index in [0.29, 0.717) is 29.0 Å². The van der Waals surface area contributed by atoms with Gasteiger partial charge in [-0.3, -0.25) is 4.79 Å². The number of pyridine rings is 1. The number of nitrogens with zero attached hydrogens (tertiary/aromatic N) is 4. The smallest absolute Gasteiger partial charge is 0.283 e. The maximum Gasteiger partial charge on any atom is 0.283 e. The minimum Gasteiger partial charge on any atom is -0.465 e. The fraction of sp³-hybridized carbons (Fsp3) is 0.150. The molecular weight excluding hydrogens is 462 g/mol. The molecule has 162 valence electrons. The third kappa shape index (κ3) is 3.37. The summed E-state index contributed by atoms with van der Waals surface area (Å²) >= 11 is 11.8. The van der Waals surface area contributed by atoms with E-state index < -0.39 is 17.4 Å². The Balaban J connectivity index is 1.61. The Kier molecular flexibility index (Phi) is 4.83. The monoisotopic (exact) mass is 474 g/mol. The lowest BCUT2D eigenvalue weighted by Gasteiger charge is -2.39. The van der Waals surface area contributed by atoms with Crippen molar-refractivity contribution >= 4 is 40.8 Å². The van der Waals surface area contributed by atoms with Gasteiger partial charge >= 0.3 is 0 Å². The Morgan fingerprint density at radius 3 is 2.75 bits per heavy atom. The second kappa shape index (κ2) is 7.57. The molecule has 0 radical (unpaired) electrons. The molecule has 3 aromatic rings. The molecule has 0 saturated heterocycles. The number of carbonyl (C=O) groups is 1. The van der Waals surface area contributed by atoms with E-state index in [4.69, 9.17) is 38.4 Å². The van der Waals surface area contributed by atoms with Crippen molar-refractivity contribution in [2.45, 2.75) is 12.0 Å². The molecule has 1 aromatic carbocycles. The molecule has 0 aliphatic carbocycles. The molecule has 9 nitrogen and oxygen atoms in total. The average Bonchev–Trinajstić information content (AvgIpc) is 2.76. The normalized spacial score (nSPS) is 18.7. The van der Waals surface area contributed by atoms with E-state index in [1.54, 1.807) is 18.2 Å². The van der Waals surface area contributed by atoms with Crippen molar-refractivity contribution in [2.24, 2.45) is 10.7 Å². The number of hydrogen-bond acceptors (Lipinski definition) is 8. The highest BCUT2D eigenvalue weighted by Crippen LogP contribution is 2.53. The quantitative estimate of drug-likeness (QED) is 0.542. The van der Waals surface area contributed by atoms with Gasteiger partial charge in [-0.2, -0.15) is 4.39 Å². The van der Waals surface area contributed by atoms with Crippen molar-refractivity contribution in [3.8, 4) is 11.5 Å². The summed E-state index contributed by atoms with van der Waals surface area (Å²) in [6.07, 6.45) is 2.87. The van der Waals surface area contributed by atoms with Crippen LogP contribution in [0.25, 0.3) is 0 Å². The van der Waals surface area contributed by atoms with Crippen LogP contribution in [0.5, 0.6) is 11.5 Å². The summed E-state index contributed by atoms with van der Waals surface area (Å²) in [7, 11) is 0. The molecule has 0 saturated carbocycles. The van der Waals surface area contributed by atoms with E-state index in [1.807, 2.05) is 0 Å². The summed E-state index contributed by atoms with van der Waals surface area (Å²) in [5.74, 6) is -1.11. The predicted octanol–water partition coefficient (Wildman–Crippen LogP) is 3.65. The third-order valence-electron chi connectivity index (χ3n) is 5.11. The standard InChI is InChI=1S/C20H13Cl2FN6O3/c21-14-6-11-16(17(23)28-14)32-13-2-1-9(27-18(30)12-7-26-15(22)8-25-12)5-10(13)20(11)3-4-31-19(24)29-20/h1-2,5-8H,3-4H2,(H2,24,29)(H,27,30)/t20-/m0/s1. The number of fused-ring (bicyclic) bond motifs is 4. The molecule has 2 aliphatic rings. The van der Waals surface area contributed by atoms with Crippen LogP contribution in [0.15, 0.2) is 41.7 Å². The fourth-order valence-electron chi connectivity index (χ4n) is 3.75. The van der Waals surface area contributed by atoms with Crippen LogP contribution in [0, 0.1) is 5.95 Å². The number of halogens is 3. The zero-order valence-electron chi connectivity index (χ0n) is 16.1.